The van der Waals surface area contributed by atoms with E-state index in [1.807, 2.05) is 6.92 Å². The largest absolute Gasteiger partial charge is 0.493 e. The van der Waals surface area contributed by atoms with E-state index in [2.05, 4.69) is 14.1 Å². The number of carbonyl (C=O) groups excluding carboxylic acids is 2. The van der Waals surface area contributed by atoms with Gasteiger partial charge in [-0.2, -0.15) is 13.1 Å². The van der Waals surface area contributed by atoms with E-state index in [0.717, 1.165) is 11.7 Å². The fourth-order valence-electron chi connectivity index (χ4n) is 3.60. The number of piperazine rings is 1. The SMILES string of the molecule is CCOc1ccccc1C(=O)NCC(=O)N1CCN(S(=O)(=O)c2cccc3nsnc23)CC1. The Bertz CT molecular complexity index is 1270. The van der Waals surface area contributed by atoms with Crippen LogP contribution >= 0.6 is 11.7 Å². The average molecular weight is 490 g/mol. The van der Waals surface area contributed by atoms with Crippen molar-refractivity contribution in [2.75, 3.05) is 39.3 Å². The van der Waals surface area contributed by atoms with Gasteiger partial charge in [0.2, 0.25) is 15.9 Å². The molecule has 0 bridgehead atoms. The van der Waals surface area contributed by atoms with E-state index in [-0.39, 0.29) is 43.5 Å². The molecule has 0 saturated carbocycles. The molecule has 4 rings (SSSR count). The summed E-state index contributed by atoms with van der Waals surface area (Å²) in [6.45, 7) is 2.84. The molecule has 2 aromatic carbocycles. The van der Waals surface area contributed by atoms with Gasteiger partial charge in [-0.3, -0.25) is 9.59 Å². The Morgan fingerprint density at radius 1 is 1.06 bits per heavy atom. The van der Waals surface area contributed by atoms with Gasteiger partial charge in [0.1, 0.15) is 21.7 Å². The number of aromatic nitrogens is 2. The average Bonchev–Trinajstić information content (AvgIpc) is 3.32. The number of hydrogen-bond donors (Lipinski definition) is 1. The summed E-state index contributed by atoms with van der Waals surface area (Å²) in [5.41, 5.74) is 1.25. The van der Waals surface area contributed by atoms with Crippen LogP contribution in [0, 0.1) is 0 Å². The van der Waals surface area contributed by atoms with Crippen LogP contribution in [0.5, 0.6) is 5.75 Å². The Kier molecular flexibility index (Phi) is 6.86. The van der Waals surface area contributed by atoms with Crippen LogP contribution in [0.15, 0.2) is 47.4 Å². The van der Waals surface area contributed by atoms with E-state index in [0.29, 0.717) is 29.0 Å². The van der Waals surface area contributed by atoms with Gasteiger partial charge < -0.3 is 15.0 Å². The van der Waals surface area contributed by atoms with E-state index < -0.39 is 15.9 Å². The lowest BCUT2D eigenvalue weighted by Gasteiger charge is -2.34. The van der Waals surface area contributed by atoms with E-state index in [9.17, 15) is 18.0 Å². The van der Waals surface area contributed by atoms with Crippen LogP contribution in [0.25, 0.3) is 11.0 Å². The molecule has 1 aromatic heterocycles. The maximum Gasteiger partial charge on any atom is 0.255 e. The lowest BCUT2D eigenvalue weighted by atomic mass is 10.2. The van der Waals surface area contributed by atoms with E-state index >= 15 is 0 Å². The second-order valence-corrected chi connectivity index (χ2v) is 9.72. The topological polar surface area (TPSA) is 122 Å². The summed E-state index contributed by atoms with van der Waals surface area (Å²) in [6, 6.07) is 11.7. The van der Waals surface area contributed by atoms with Crippen LogP contribution in [-0.4, -0.2) is 77.5 Å². The number of nitrogens with zero attached hydrogens (tertiary/aromatic N) is 4. The first kappa shape index (κ1) is 23.1. The van der Waals surface area contributed by atoms with Crippen molar-refractivity contribution < 1.29 is 22.7 Å². The monoisotopic (exact) mass is 489 g/mol. The normalized spacial score (nSPS) is 14.9. The van der Waals surface area contributed by atoms with Gasteiger partial charge in [-0.05, 0) is 31.2 Å². The molecule has 3 aromatic rings. The minimum absolute atomic E-state index is 0.119. The van der Waals surface area contributed by atoms with E-state index in [1.165, 1.54) is 10.4 Å². The fourth-order valence-corrected chi connectivity index (χ4v) is 5.78. The van der Waals surface area contributed by atoms with Crippen molar-refractivity contribution in [2.24, 2.45) is 0 Å². The zero-order valence-electron chi connectivity index (χ0n) is 17.9. The molecule has 174 valence electrons. The molecule has 2 heterocycles. The molecular formula is C21H23N5O5S2. The number of fused-ring (bicyclic) bond motifs is 1. The number of ether oxygens (including phenoxy) is 1. The molecule has 1 fully saturated rings. The van der Waals surface area contributed by atoms with Crippen molar-refractivity contribution in [1.29, 1.82) is 0 Å². The molecule has 10 nitrogen and oxygen atoms in total. The number of amides is 2. The number of nitrogens with one attached hydrogen (secondary N) is 1. The van der Waals surface area contributed by atoms with Crippen LogP contribution < -0.4 is 10.1 Å². The number of carbonyl (C=O) groups is 2. The summed E-state index contributed by atoms with van der Waals surface area (Å²) in [7, 11) is -3.76. The Labute approximate surface area is 195 Å². The van der Waals surface area contributed by atoms with Crippen LogP contribution in [-0.2, 0) is 14.8 Å². The minimum atomic E-state index is -3.76. The highest BCUT2D eigenvalue weighted by Crippen LogP contribution is 2.25. The van der Waals surface area contributed by atoms with Crippen LogP contribution in [0.3, 0.4) is 0 Å². The van der Waals surface area contributed by atoms with Crippen LogP contribution in [0.2, 0.25) is 0 Å². The first-order chi connectivity index (χ1) is 15.9. The van der Waals surface area contributed by atoms with Crippen molar-refractivity contribution in [3.8, 4) is 5.75 Å². The van der Waals surface area contributed by atoms with Gasteiger partial charge >= 0.3 is 0 Å². The van der Waals surface area contributed by atoms with Crippen molar-refractivity contribution >= 4 is 44.6 Å². The molecule has 1 N–H and O–H groups in total. The summed E-state index contributed by atoms with van der Waals surface area (Å²) >= 11 is 0.965. The summed E-state index contributed by atoms with van der Waals surface area (Å²) < 4.78 is 41.3. The van der Waals surface area contributed by atoms with Crippen molar-refractivity contribution in [2.45, 2.75) is 11.8 Å². The molecule has 1 aliphatic heterocycles. The van der Waals surface area contributed by atoms with Crippen molar-refractivity contribution in [1.82, 2.24) is 23.3 Å². The first-order valence-corrected chi connectivity index (χ1v) is 12.6. The standard InChI is InChI=1S/C21H23N5O5S2/c1-2-31-17-8-4-3-6-15(17)21(28)22-14-19(27)25-10-12-26(13-11-25)33(29,30)18-9-5-7-16-20(18)24-32-23-16/h3-9H,2,10-14H2,1H3,(H,22,28). The maximum absolute atomic E-state index is 13.1. The summed E-state index contributed by atoms with van der Waals surface area (Å²) in [4.78, 5) is 26.8. The van der Waals surface area contributed by atoms with Gasteiger partial charge in [0.05, 0.1) is 30.4 Å². The summed E-state index contributed by atoms with van der Waals surface area (Å²) in [6.07, 6.45) is 0. The highest BCUT2D eigenvalue weighted by molar-refractivity contribution is 7.89. The predicted molar refractivity (Wildman–Crippen MR) is 123 cm³/mol. The van der Waals surface area contributed by atoms with Gasteiger partial charge in [0, 0.05) is 26.2 Å². The maximum atomic E-state index is 13.1. The zero-order valence-corrected chi connectivity index (χ0v) is 19.6. The lowest BCUT2D eigenvalue weighted by molar-refractivity contribution is -0.131. The Morgan fingerprint density at radius 2 is 1.82 bits per heavy atom. The molecule has 33 heavy (non-hydrogen) atoms. The Hall–Kier alpha value is -3.09. The third kappa shape index (κ3) is 4.82. The molecule has 0 atom stereocenters. The molecule has 1 saturated heterocycles. The predicted octanol–water partition coefficient (Wildman–Crippen LogP) is 1.35. The highest BCUT2D eigenvalue weighted by atomic mass is 32.2. The van der Waals surface area contributed by atoms with Gasteiger partial charge in [-0.15, -0.1) is 0 Å². The van der Waals surface area contributed by atoms with E-state index in [1.54, 1.807) is 41.3 Å². The highest BCUT2D eigenvalue weighted by Gasteiger charge is 2.32. The molecule has 0 aliphatic carbocycles. The number of hydrogen-bond acceptors (Lipinski definition) is 8. The fraction of sp³-hybridized carbons (Fsp3) is 0.333. The van der Waals surface area contributed by atoms with Gasteiger partial charge in [0.25, 0.3) is 5.91 Å². The Morgan fingerprint density at radius 3 is 2.58 bits per heavy atom. The summed E-state index contributed by atoms with van der Waals surface area (Å²) in [5, 5.41) is 2.62. The smallest absolute Gasteiger partial charge is 0.255 e. The molecule has 0 radical (unpaired) electrons. The molecule has 0 unspecified atom stereocenters. The quantitative estimate of drug-likeness (QED) is 0.532. The number of para-hydroxylation sites is 1. The third-order valence-electron chi connectivity index (χ3n) is 5.29. The van der Waals surface area contributed by atoms with Crippen LogP contribution in [0.4, 0.5) is 0 Å². The molecule has 1 aliphatic rings. The van der Waals surface area contributed by atoms with Gasteiger partial charge in [-0.25, -0.2) is 8.42 Å². The number of sulfonamides is 1. The minimum Gasteiger partial charge on any atom is -0.493 e. The number of benzene rings is 2. The molecule has 12 heteroatoms. The summed E-state index contributed by atoms with van der Waals surface area (Å²) in [5.74, 6) is -0.229. The molecule has 2 amide bonds. The second-order valence-electron chi connectivity index (χ2n) is 7.28. The first-order valence-electron chi connectivity index (χ1n) is 10.4. The third-order valence-corrected chi connectivity index (χ3v) is 7.76. The van der Waals surface area contributed by atoms with Gasteiger partial charge in [-0.1, -0.05) is 18.2 Å². The lowest BCUT2D eigenvalue weighted by Crippen LogP contribution is -2.52. The van der Waals surface area contributed by atoms with Crippen molar-refractivity contribution in [3.63, 3.8) is 0 Å². The second kappa shape index (κ2) is 9.81. The molecular weight excluding hydrogens is 466 g/mol. The Balaban J connectivity index is 1.35. The van der Waals surface area contributed by atoms with E-state index in [4.69, 9.17) is 4.74 Å². The molecule has 0 spiro atoms. The zero-order chi connectivity index (χ0) is 23.4. The van der Waals surface area contributed by atoms with Crippen molar-refractivity contribution in [3.05, 3.63) is 48.0 Å². The van der Waals surface area contributed by atoms with Gasteiger partial charge in [0.15, 0.2) is 0 Å². The van der Waals surface area contributed by atoms with Crippen LogP contribution in [0.1, 0.15) is 17.3 Å². The number of rotatable bonds is 7.